The van der Waals surface area contributed by atoms with Gasteiger partial charge in [0.1, 0.15) is 0 Å². The molecule has 2 aliphatic heterocycles. The molecule has 0 saturated carbocycles. The molecule has 0 aliphatic carbocycles. The number of nitrogen functional groups attached to an aromatic ring is 1. The van der Waals surface area contributed by atoms with Crippen LogP contribution in [0, 0.1) is 30.3 Å². The first-order chi connectivity index (χ1) is 24.9. The van der Waals surface area contributed by atoms with E-state index in [1.54, 1.807) is 56.4 Å². The van der Waals surface area contributed by atoms with Gasteiger partial charge < -0.3 is 25.8 Å². The van der Waals surface area contributed by atoms with Gasteiger partial charge in [-0.25, -0.2) is 0 Å². The maximum Gasteiger partial charge on any atom is 0.275 e. The number of carbonyl (C=O) groups excluding carboxylic acids is 4. The molecule has 0 bridgehead atoms. The number of anilines is 5. The number of likely N-dealkylation sites (N-methyl/N-ethyl adjacent to an activating group) is 2. The first-order valence-corrected chi connectivity index (χ1v) is 15.6. The van der Waals surface area contributed by atoms with Gasteiger partial charge in [-0.3, -0.25) is 49.5 Å². The Morgan fingerprint density at radius 2 is 1.20 bits per heavy atom. The molecule has 0 saturated heterocycles. The van der Waals surface area contributed by atoms with Gasteiger partial charge >= 0.3 is 0 Å². The number of rotatable bonds is 5. The number of non-ortho nitro benzene ring substituents is 2. The number of benzene rings is 4. The zero-order chi connectivity index (χ0) is 39.6. The van der Waals surface area contributed by atoms with Crippen molar-refractivity contribution in [2.24, 2.45) is 0 Å². The van der Waals surface area contributed by atoms with Crippen LogP contribution in [0.3, 0.4) is 0 Å². The first kappa shape index (κ1) is 42.9. The molecule has 0 spiro atoms. The molecule has 6 rings (SSSR count). The van der Waals surface area contributed by atoms with Crippen LogP contribution in [-0.4, -0.2) is 59.5 Å². The Kier molecular flexibility index (Phi) is 15.0. The van der Waals surface area contributed by atoms with Crippen molar-refractivity contribution < 1.29 is 33.9 Å². The van der Waals surface area contributed by atoms with Gasteiger partial charge in [0.05, 0.1) is 44.5 Å². The molecule has 4 aromatic carbocycles. The average molecular weight is 745 g/mol. The van der Waals surface area contributed by atoms with Crippen LogP contribution in [0.2, 0.25) is 0 Å². The van der Waals surface area contributed by atoms with Gasteiger partial charge in [-0.2, -0.15) is 0 Å². The fraction of sp³-hybridized carbons (Fsp3) is 0.222. The maximum absolute atomic E-state index is 11.3. The standard InChI is InChI=1S/C9H8N2O3.C9H10N2O3.C9H10N2O.C8H8N2O3.CH4/c1-10-7-3-2-4-8(11(13)14)6(7)5-9(10)12;1-7(12)10(2)8-4-3-5-9(6-8)11(13)14;1-11-8-4-2-3-7(10)6(8)5-9(11)12;1-6(11)9-7-3-2-4-8(5-7)10(12)13;/h2-4H,5H2,1H3;3-6H,1-2H3;2-4H,5,10H2,1H3;2-5H,1H3,(H,9,11);1H4. The number of amides is 4. The van der Waals surface area contributed by atoms with E-state index in [1.165, 1.54) is 60.0 Å². The predicted molar refractivity (Wildman–Crippen MR) is 204 cm³/mol. The lowest BCUT2D eigenvalue weighted by Crippen LogP contribution is -2.22. The summed E-state index contributed by atoms with van der Waals surface area (Å²) in [7, 11) is 4.97. The second-order valence-corrected chi connectivity index (χ2v) is 11.5. The van der Waals surface area contributed by atoms with Gasteiger partial charge in [0, 0.05) is 87.9 Å². The fourth-order valence-electron chi connectivity index (χ4n) is 5.03. The monoisotopic (exact) mass is 744 g/mol. The molecule has 18 nitrogen and oxygen atoms in total. The predicted octanol–water partition coefficient (Wildman–Crippen LogP) is 5.67. The van der Waals surface area contributed by atoms with Crippen molar-refractivity contribution >= 4 is 69.1 Å². The minimum absolute atomic E-state index is 0. The number of nitro groups is 3. The van der Waals surface area contributed by atoms with E-state index in [-0.39, 0.29) is 54.5 Å². The smallest absolute Gasteiger partial charge is 0.275 e. The van der Waals surface area contributed by atoms with Crippen LogP contribution in [0.1, 0.15) is 32.4 Å². The normalized spacial score (nSPS) is 11.8. The van der Waals surface area contributed by atoms with Crippen molar-refractivity contribution in [3.63, 3.8) is 0 Å². The molecule has 4 amide bonds. The third-order valence-electron chi connectivity index (χ3n) is 7.92. The zero-order valence-electron chi connectivity index (χ0n) is 29.3. The van der Waals surface area contributed by atoms with Crippen molar-refractivity contribution in [1.29, 1.82) is 0 Å². The lowest BCUT2D eigenvalue weighted by molar-refractivity contribution is -0.385. The summed E-state index contributed by atoms with van der Waals surface area (Å²) in [6, 6.07) is 22.1. The topological polar surface area (TPSA) is 245 Å². The van der Waals surface area contributed by atoms with Gasteiger partial charge in [0.25, 0.3) is 17.1 Å². The number of nitro benzene ring substituents is 3. The highest BCUT2D eigenvalue weighted by Crippen LogP contribution is 2.34. The van der Waals surface area contributed by atoms with Crippen molar-refractivity contribution in [2.45, 2.75) is 34.1 Å². The molecule has 3 N–H and O–H groups in total. The highest BCUT2D eigenvalue weighted by molar-refractivity contribution is 6.03. The number of nitrogens with zero attached hydrogens (tertiary/aromatic N) is 6. The van der Waals surface area contributed by atoms with Crippen LogP contribution in [-0.2, 0) is 32.0 Å². The number of fused-ring (bicyclic) bond motifs is 2. The maximum atomic E-state index is 11.3. The summed E-state index contributed by atoms with van der Waals surface area (Å²) in [6.07, 6.45) is 0.571. The highest BCUT2D eigenvalue weighted by atomic mass is 16.6. The summed E-state index contributed by atoms with van der Waals surface area (Å²) in [6.45, 7) is 2.75. The average Bonchev–Trinajstić information content (AvgIpc) is 3.58. The quantitative estimate of drug-likeness (QED) is 0.143. The van der Waals surface area contributed by atoms with Crippen LogP contribution in [0.15, 0.2) is 84.9 Å². The number of hydrogen-bond donors (Lipinski definition) is 2. The Morgan fingerprint density at radius 3 is 1.70 bits per heavy atom. The highest BCUT2D eigenvalue weighted by Gasteiger charge is 2.30. The molecule has 0 atom stereocenters. The molecule has 2 aliphatic rings. The van der Waals surface area contributed by atoms with Crippen molar-refractivity contribution in [1.82, 2.24) is 0 Å². The summed E-state index contributed by atoms with van der Waals surface area (Å²) >= 11 is 0. The van der Waals surface area contributed by atoms with E-state index in [9.17, 15) is 49.5 Å². The zero-order valence-corrected chi connectivity index (χ0v) is 29.3. The van der Waals surface area contributed by atoms with Crippen LogP contribution in [0.4, 0.5) is 45.5 Å². The Balaban J connectivity index is 0.000000248. The third-order valence-corrected chi connectivity index (χ3v) is 7.92. The van der Waals surface area contributed by atoms with Crippen LogP contribution < -0.4 is 25.8 Å². The van der Waals surface area contributed by atoms with E-state index >= 15 is 0 Å². The summed E-state index contributed by atoms with van der Waals surface area (Å²) in [4.78, 5) is 78.6. The van der Waals surface area contributed by atoms with E-state index in [0.717, 1.165) is 11.3 Å². The molecule has 18 heteroatoms. The number of hydrogen-bond acceptors (Lipinski definition) is 11. The Morgan fingerprint density at radius 1 is 0.722 bits per heavy atom. The molecule has 2 heterocycles. The Labute approximate surface area is 310 Å². The first-order valence-electron chi connectivity index (χ1n) is 15.6. The number of nitrogens with one attached hydrogen (secondary N) is 1. The number of nitrogens with two attached hydrogens (primary N) is 1. The summed E-state index contributed by atoms with van der Waals surface area (Å²) in [5, 5.41) is 33.9. The Bertz CT molecular complexity index is 2090. The van der Waals surface area contributed by atoms with Gasteiger partial charge in [0.2, 0.25) is 23.6 Å². The summed E-state index contributed by atoms with van der Waals surface area (Å²) in [5.41, 5.74) is 10.4. The van der Waals surface area contributed by atoms with Gasteiger partial charge in [-0.05, 0) is 30.3 Å². The largest absolute Gasteiger partial charge is 0.398 e. The molecule has 0 radical (unpaired) electrons. The Hall–Kier alpha value is -7.24. The molecule has 0 aromatic heterocycles. The molecular formula is C36H40N8O10. The van der Waals surface area contributed by atoms with E-state index in [2.05, 4.69) is 5.32 Å². The van der Waals surface area contributed by atoms with Gasteiger partial charge in [-0.15, -0.1) is 0 Å². The van der Waals surface area contributed by atoms with Gasteiger partial charge in [0.15, 0.2) is 0 Å². The number of carbonyl (C=O) groups is 4. The van der Waals surface area contributed by atoms with Crippen LogP contribution in [0.5, 0.6) is 0 Å². The molecule has 54 heavy (non-hydrogen) atoms. The van der Waals surface area contributed by atoms with Crippen molar-refractivity contribution in [3.05, 3.63) is 126 Å². The molecule has 0 unspecified atom stereocenters. The fourth-order valence-corrected chi connectivity index (χ4v) is 5.03. The minimum atomic E-state index is -0.509. The third kappa shape index (κ3) is 10.9. The molecule has 4 aromatic rings. The minimum Gasteiger partial charge on any atom is -0.398 e. The molecule has 0 fully saturated rings. The summed E-state index contributed by atoms with van der Waals surface area (Å²) in [5.74, 6) is -0.400. The lowest BCUT2D eigenvalue weighted by Gasteiger charge is -2.13. The van der Waals surface area contributed by atoms with Gasteiger partial charge in [-0.1, -0.05) is 31.7 Å². The van der Waals surface area contributed by atoms with E-state index < -0.39 is 14.8 Å². The molecular weight excluding hydrogens is 704 g/mol. The van der Waals surface area contributed by atoms with Crippen LogP contribution >= 0.6 is 0 Å². The van der Waals surface area contributed by atoms with E-state index in [0.29, 0.717) is 34.7 Å². The van der Waals surface area contributed by atoms with Crippen LogP contribution in [0.25, 0.3) is 0 Å². The molecule has 284 valence electrons. The SMILES string of the molecule is C.CC(=O)N(C)c1cccc([N+](=O)[O-])c1.CC(=O)Nc1cccc([N+](=O)[O-])c1.CN1C(=O)Cc2c(N)cccc21.CN1C(=O)Cc2c1cccc2[N+](=O)[O-]. The summed E-state index contributed by atoms with van der Waals surface area (Å²) < 4.78 is 0. The second kappa shape index (κ2) is 18.8. The van der Waals surface area contributed by atoms with Crippen molar-refractivity contribution in [3.8, 4) is 0 Å². The van der Waals surface area contributed by atoms with E-state index in [4.69, 9.17) is 5.73 Å². The second-order valence-electron chi connectivity index (χ2n) is 11.5. The lowest BCUT2D eigenvalue weighted by atomic mass is 10.1. The van der Waals surface area contributed by atoms with Crippen molar-refractivity contribution in [2.75, 3.05) is 46.9 Å². The van der Waals surface area contributed by atoms with E-state index in [1.807, 2.05) is 18.2 Å².